The molecule has 0 aliphatic carbocycles. The van der Waals surface area contributed by atoms with Gasteiger partial charge in [-0.05, 0) is 55.8 Å². The number of carbonyl (C=O) groups excluding carboxylic acids is 2. The molecule has 0 heterocycles. The standard InChI is InChI=1S/C19H20ClN3O4/c1-3-26-16-9-8-13(10-17(16)27-4-2)12-21-23-19(25)18(24)22-15-7-5-6-14(20)11-15/h5-12H,3-4H2,1-2H3,(H,22,24)(H,23,25)/b21-12-. The number of hydrogen-bond acceptors (Lipinski definition) is 5. The summed E-state index contributed by atoms with van der Waals surface area (Å²) in [4.78, 5) is 23.7. The van der Waals surface area contributed by atoms with Crippen molar-refractivity contribution >= 4 is 35.3 Å². The van der Waals surface area contributed by atoms with E-state index in [0.29, 0.717) is 41.0 Å². The summed E-state index contributed by atoms with van der Waals surface area (Å²) in [6.45, 7) is 4.76. The van der Waals surface area contributed by atoms with Gasteiger partial charge in [0.2, 0.25) is 0 Å². The van der Waals surface area contributed by atoms with Gasteiger partial charge in [0.15, 0.2) is 11.5 Å². The van der Waals surface area contributed by atoms with Gasteiger partial charge < -0.3 is 14.8 Å². The summed E-state index contributed by atoms with van der Waals surface area (Å²) in [7, 11) is 0. The molecule has 142 valence electrons. The minimum absolute atomic E-state index is 0.416. The maximum atomic E-state index is 11.8. The highest BCUT2D eigenvalue weighted by Crippen LogP contribution is 2.27. The molecule has 0 aliphatic heterocycles. The molecule has 0 saturated carbocycles. The Morgan fingerprint density at radius 1 is 1.04 bits per heavy atom. The Balaban J connectivity index is 1.96. The molecule has 0 aromatic heterocycles. The SMILES string of the molecule is CCOc1ccc(/C=N\NC(=O)C(=O)Nc2cccc(Cl)c2)cc1OCC. The van der Waals surface area contributed by atoms with Crippen LogP contribution in [-0.2, 0) is 9.59 Å². The zero-order valence-electron chi connectivity index (χ0n) is 15.0. The Morgan fingerprint density at radius 2 is 1.78 bits per heavy atom. The molecule has 2 aromatic rings. The second-order valence-electron chi connectivity index (χ2n) is 5.24. The lowest BCUT2D eigenvalue weighted by molar-refractivity contribution is -0.136. The van der Waals surface area contributed by atoms with E-state index in [0.717, 1.165) is 0 Å². The first kappa shape index (κ1) is 20.3. The van der Waals surface area contributed by atoms with Gasteiger partial charge in [0.1, 0.15) is 0 Å². The molecule has 7 nitrogen and oxygen atoms in total. The van der Waals surface area contributed by atoms with Gasteiger partial charge in [0.05, 0.1) is 19.4 Å². The summed E-state index contributed by atoms with van der Waals surface area (Å²) in [5.74, 6) is -0.548. The highest BCUT2D eigenvalue weighted by atomic mass is 35.5. The summed E-state index contributed by atoms with van der Waals surface area (Å²) < 4.78 is 11.0. The Kier molecular flexibility index (Phi) is 7.63. The molecule has 2 aromatic carbocycles. The van der Waals surface area contributed by atoms with Crippen molar-refractivity contribution in [1.29, 1.82) is 0 Å². The van der Waals surface area contributed by atoms with Crippen LogP contribution in [0, 0.1) is 0 Å². The van der Waals surface area contributed by atoms with Crippen molar-refractivity contribution in [2.24, 2.45) is 5.10 Å². The van der Waals surface area contributed by atoms with Crippen LogP contribution in [0.5, 0.6) is 11.5 Å². The minimum Gasteiger partial charge on any atom is -0.490 e. The molecule has 8 heteroatoms. The van der Waals surface area contributed by atoms with Crippen molar-refractivity contribution in [1.82, 2.24) is 5.43 Å². The largest absolute Gasteiger partial charge is 0.490 e. The van der Waals surface area contributed by atoms with Crippen molar-refractivity contribution in [2.45, 2.75) is 13.8 Å². The smallest absolute Gasteiger partial charge is 0.329 e. The van der Waals surface area contributed by atoms with Crippen molar-refractivity contribution < 1.29 is 19.1 Å². The summed E-state index contributed by atoms with van der Waals surface area (Å²) in [5, 5.41) is 6.67. The molecular formula is C19H20ClN3O4. The molecule has 0 spiro atoms. The van der Waals surface area contributed by atoms with Crippen LogP contribution in [0.1, 0.15) is 19.4 Å². The number of amides is 2. The molecule has 0 bridgehead atoms. The Bertz CT molecular complexity index is 839. The van der Waals surface area contributed by atoms with E-state index in [1.165, 1.54) is 12.3 Å². The van der Waals surface area contributed by atoms with Crippen molar-refractivity contribution in [3.05, 3.63) is 53.1 Å². The molecule has 0 radical (unpaired) electrons. The van der Waals surface area contributed by atoms with E-state index in [1.54, 1.807) is 36.4 Å². The molecule has 0 aliphatic rings. The summed E-state index contributed by atoms with van der Waals surface area (Å²) >= 11 is 5.83. The van der Waals surface area contributed by atoms with Crippen LogP contribution in [0.2, 0.25) is 5.02 Å². The first-order valence-electron chi connectivity index (χ1n) is 8.33. The van der Waals surface area contributed by atoms with Crippen LogP contribution in [0.4, 0.5) is 5.69 Å². The van der Waals surface area contributed by atoms with Gasteiger partial charge >= 0.3 is 11.8 Å². The third kappa shape index (κ3) is 6.31. The van der Waals surface area contributed by atoms with Crippen molar-refractivity contribution in [3.63, 3.8) is 0 Å². The zero-order chi connectivity index (χ0) is 19.6. The molecule has 0 saturated heterocycles. The van der Waals surface area contributed by atoms with Gasteiger partial charge in [-0.3, -0.25) is 9.59 Å². The van der Waals surface area contributed by atoms with Gasteiger partial charge in [-0.15, -0.1) is 0 Å². The van der Waals surface area contributed by atoms with E-state index in [4.69, 9.17) is 21.1 Å². The van der Waals surface area contributed by atoms with Gasteiger partial charge in [0.25, 0.3) is 0 Å². The number of hydrazone groups is 1. The third-order valence-corrected chi connectivity index (χ3v) is 3.47. The van der Waals surface area contributed by atoms with E-state index in [1.807, 2.05) is 13.8 Å². The molecule has 27 heavy (non-hydrogen) atoms. The van der Waals surface area contributed by atoms with E-state index in [2.05, 4.69) is 15.8 Å². The lowest BCUT2D eigenvalue weighted by Gasteiger charge is -2.11. The molecular weight excluding hydrogens is 370 g/mol. The molecule has 2 N–H and O–H groups in total. The number of carbonyl (C=O) groups is 2. The Labute approximate surface area is 162 Å². The average Bonchev–Trinajstić information content (AvgIpc) is 2.64. The Hall–Kier alpha value is -3.06. The van der Waals surface area contributed by atoms with E-state index in [9.17, 15) is 9.59 Å². The van der Waals surface area contributed by atoms with Crippen LogP contribution >= 0.6 is 11.6 Å². The average molecular weight is 390 g/mol. The van der Waals surface area contributed by atoms with Gasteiger partial charge in [-0.25, -0.2) is 5.43 Å². The van der Waals surface area contributed by atoms with Crippen LogP contribution < -0.4 is 20.2 Å². The number of benzene rings is 2. The maximum Gasteiger partial charge on any atom is 0.329 e. The number of hydrogen-bond donors (Lipinski definition) is 2. The molecule has 2 amide bonds. The predicted molar refractivity (Wildman–Crippen MR) is 105 cm³/mol. The van der Waals surface area contributed by atoms with E-state index >= 15 is 0 Å². The first-order chi connectivity index (χ1) is 13.0. The van der Waals surface area contributed by atoms with E-state index in [-0.39, 0.29) is 0 Å². The zero-order valence-corrected chi connectivity index (χ0v) is 15.7. The molecule has 0 fully saturated rings. The van der Waals surface area contributed by atoms with Crippen molar-refractivity contribution in [3.8, 4) is 11.5 Å². The van der Waals surface area contributed by atoms with Crippen LogP contribution in [-0.4, -0.2) is 31.2 Å². The number of nitrogens with one attached hydrogen (secondary N) is 2. The lowest BCUT2D eigenvalue weighted by atomic mass is 10.2. The maximum absolute atomic E-state index is 11.8. The number of ether oxygens (including phenoxy) is 2. The molecule has 2 rings (SSSR count). The van der Waals surface area contributed by atoms with Crippen LogP contribution in [0.25, 0.3) is 0 Å². The number of halogens is 1. The second kappa shape index (κ2) is 10.2. The monoisotopic (exact) mass is 389 g/mol. The van der Waals surface area contributed by atoms with Crippen LogP contribution in [0.3, 0.4) is 0 Å². The molecule has 0 unspecified atom stereocenters. The van der Waals surface area contributed by atoms with Gasteiger partial charge in [-0.1, -0.05) is 17.7 Å². The fourth-order valence-electron chi connectivity index (χ4n) is 2.12. The van der Waals surface area contributed by atoms with E-state index < -0.39 is 11.8 Å². The summed E-state index contributed by atoms with van der Waals surface area (Å²) in [6.07, 6.45) is 1.41. The normalized spacial score (nSPS) is 10.5. The van der Waals surface area contributed by atoms with Gasteiger partial charge in [-0.2, -0.15) is 5.10 Å². The fraction of sp³-hybridized carbons (Fsp3) is 0.211. The Morgan fingerprint density at radius 3 is 2.48 bits per heavy atom. The van der Waals surface area contributed by atoms with Crippen LogP contribution in [0.15, 0.2) is 47.6 Å². The predicted octanol–water partition coefficient (Wildman–Crippen LogP) is 3.23. The molecule has 0 atom stereocenters. The number of anilines is 1. The minimum atomic E-state index is -0.901. The topological polar surface area (TPSA) is 89.0 Å². The third-order valence-electron chi connectivity index (χ3n) is 3.24. The lowest BCUT2D eigenvalue weighted by Crippen LogP contribution is -2.32. The van der Waals surface area contributed by atoms with Crippen molar-refractivity contribution in [2.75, 3.05) is 18.5 Å². The second-order valence-corrected chi connectivity index (χ2v) is 5.67. The fourth-order valence-corrected chi connectivity index (χ4v) is 2.31. The summed E-state index contributed by atoms with van der Waals surface area (Å²) in [5.41, 5.74) is 3.26. The quantitative estimate of drug-likeness (QED) is 0.432. The number of nitrogens with zero attached hydrogens (tertiary/aromatic N) is 1. The number of rotatable bonds is 7. The highest BCUT2D eigenvalue weighted by Gasteiger charge is 2.13. The highest BCUT2D eigenvalue weighted by molar-refractivity contribution is 6.39. The summed E-state index contributed by atoms with van der Waals surface area (Å²) in [6, 6.07) is 11.7. The van der Waals surface area contributed by atoms with Gasteiger partial charge in [0, 0.05) is 10.7 Å². The first-order valence-corrected chi connectivity index (χ1v) is 8.70.